The van der Waals surface area contributed by atoms with E-state index in [4.69, 9.17) is 0 Å². The molecule has 0 aliphatic heterocycles. The van der Waals surface area contributed by atoms with Crippen LogP contribution < -0.4 is 0 Å². The van der Waals surface area contributed by atoms with Crippen molar-refractivity contribution in [1.82, 2.24) is 0 Å². The number of hydrogen-bond acceptors (Lipinski definition) is 2. The van der Waals surface area contributed by atoms with Crippen LogP contribution >= 0.6 is 0 Å². The molecule has 1 fully saturated rings. The molecule has 0 bridgehead atoms. The Morgan fingerprint density at radius 1 is 0.826 bits per heavy atom. The van der Waals surface area contributed by atoms with Crippen LogP contribution in [0.3, 0.4) is 0 Å². The summed E-state index contributed by atoms with van der Waals surface area (Å²) in [4.78, 5) is 0. The van der Waals surface area contributed by atoms with Crippen LogP contribution in [-0.2, 0) is 0 Å². The zero-order chi connectivity index (χ0) is 16.6. The van der Waals surface area contributed by atoms with Crippen molar-refractivity contribution >= 4 is 0 Å². The monoisotopic (exact) mass is 310 g/mol. The van der Waals surface area contributed by atoms with Crippen molar-refractivity contribution in [2.45, 2.75) is 45.4 Å². The molecule has 0 spiro atoms. The van der Waals surface area contributed by atoms with Gasteiger partial charge in [0, 0.05) is 0 Å². The van der Waals surface area contributed by atoms with E-state index in [2.05, 4.69) is 45.0 Å². The molecule has 3 rings (SSSR count). The quantitative estimate of drug-likeness (QED) is 0.777. The van der Waals surface area contributed by atoms with Crippen LogP contribution in [0.2, 0.25) is 0 Å². The van der Waals surface area contributed by atoms with Crippen molar-refractivity contribution in [3.05, 3.63) is 59.7 Å². The predicted octanol–water partition coefficient (Wildman–Crippen LogP) is 5.42. The topological polar surface area (TPSA) is 40.5 Å². The van der Waals surface area contributed by atoms with Crippen LogP contribution in [0.4, 0.5) is 0 Å². The Kier molecular flexibility index (Phi) is 4.09. The minimum atomic E-state index is 0.192. The van der Waals surface area contributed by atoms with Gasteiger partial charge in [-0.15, -0.1) is 0 Å². The Balaban J connectivity index is 2.05. The summed E-state index contributed by atoms with van der Waals surface area (Å²) < 4.78 is 0. The Hall–Kier alpha value is -1.96. The number of benzene rings is 2. The molecule has 3 atom stereocenters. The maximum Gasteiger partial charge on any atom is 0.115 e. The van der Waals surface area contributed by atoms with Crippen molar-refractivity contribution < 1.29 is 10.2 Å². The zero-order valence-corrected chi connectivity index (χ0v) is 14.2. The summed E-state index contributed by atoms with van der Waals surface area (Å²) in [5, 5.41) is 19.2. The lowest BCUT2D eigenvalue weighted by Gasteiger charge is -2.47. The molecule has 0 saturated heterocycles. The second-order valence-electron chi connectivity index (χ2n) is 7.80. The van der Waals surface area contributed by atoms with Crippen molar-refractivity contribution in [2.75, 3.05) is 0 Å². The minimum Gasteiger partial charge on any atom is -0.508 e. The maximum absolute atomic E-state index is 9.61. The molecule has 1 aliphatic rings. The molecule has 0 amide bonds. The third-order valence-corrected chi connectivity index (χ3v) is 5.35. The fourth-order valence-electron chi connectivity index (χ4n) is 4.64. The third-order valence-electron chi connectivity index (χ3n) is 5.35. The molecule has 0 aromatic heterocycles. The van der Waals surface area contributed by atoms with Gasteiger partial charge in [0.15, 0.2) is 0 Å². The number of aromatic hydroxyl groups is 2. The highest BCUT2D eigenvalue weighted by Crippen LogP contribution is 2.55. The van der Waals surface area contributed by atoms with Gasteiger partial charge in [-0.05, 0) is 71.4 Å². The Morgan fingerprint density at radius 3 is 1.83 bits per heavy atom. The van der Waals surface area contributed by atoms with Gasteiger partial charge in [0.25, 0.3) is 0 Å². The summed E-state index contributed by atoms with van der Waals surface area (Å²) in [5.41, 5.74) is 2.77. The second-order valence-corrected chi connectivity index (χ2v) is 7.80. The molecule has 3 unspecified atom stereocenters. The van der Waals surface area contributed by atoms with Gasteiger partial charge in [0.1, 0.15) is 11.5 Å². The Morgan fingerprint density at radius 2 is 1.30 bits per heavy atom. The summed E-state index contributed by atoms with van der Waals surface area (Å²) in [6.45, 7) is 7.05. The standard InChI is InChI=1S/C21H26O2/c1-14-12-19(15-4-8-17(22)9-5-15)20(21(2,3)13-14)16-6-10-18(23)11-7-16/h4-11,14,19-20,22-23H,12-13H2,1-3H3. The van der Waals surface area contributed by atoms with E-state index in [1.165, 1.54) is 17.5 Å². The van der Waals surface area contributed by atoms with Gasteiger partial charge in [-0.3, -0.25) is 0 Å². The lowest BCUT2D eigenvalue weighted by Crippen LogP contribution is -2.35. The van der Waals surface area contributed by atoms with Crippen LogP contribution in [0.15, 0.2) is 48.5 Å². The number of phenolic OH excluding ortho intramolecular Hbond substituents is 2. The van der Waals surface area contributed by atoms with Gasteiger partial charge in [0.05, 0.1) is 0 Å². The van der Waals surface area contributed by atoms with E-state index >= 15 is 0 Å². The molecular formula is C21H26O2. The summed E-state index contributed by atoms with van der Waals surface area (Å²) in [6, 6.07) is 15.4. The van der Waals surface area contributed by atoms with Gasteiger partial charge in [-0.2, -0.15) is 0 Å². The smallest absolute Gasteiger partial charge is 0.115 e. The number of hydrogen-bond donors (Lipinski definition) is 2. The van der Waals surface area contributed by atoms with Gasteiger partial charge in [-0.1, -0.05) is 45.0 Å². The first-order chi connectivity index (χ1) is 10.9. The highest BCUT2D eigenvalue weighted by molar-refractivity contribution is 5.36. The van der Waals surface area contributed by atoms with Crippen LogP contribution in [0.25, 0.3) is 0 Å². The lowest BCUT2D eigenvalue weighted by molar-refractivity contribution is 0.131. The summed E-state index contributed by atoms with van der Waals surface area (Å²) in [5.74, 6) is 2.15. The normalized spacial score (nSPS) is 26.8. The molecule has 2 aromatic carbocycles. The van der Waals surface area contributed by atoms with Crippen LogP contribution in [0.5, 0.6) is 11.5 Å². The maximum atomic E-state index is 9.61. The molecule has 0 radical (unpaired) electrons. The zero-order valence-electron chi connectivity index (χ0n) is 14.2. The molecule has 2 aromatic rings. The third kappa shape index (κ3) is 3.21. The van der Waals surface area contributed by atoms with E-state index in [1.54, 1.807) is 24.3 Å². The average Bonchev–Trinajstić information content (AvgIpc) is 2.48. The van der Waals surface area contributed by atoms with Crippen molar-refractivity contribution in [3.8, 4) is 11.5 Å². The number of phenols is 2. The van der Waals surface area contributed by atoms with Crippen molar-refractivity contribution in [2.24, 2.45) is 11.3 Å². The largest absolute Gasteiger partial charge is 0.508 e. The molecule has 1 aliphatic carbocycles. The van der Waals surface area contributed by atoms with Crippen LogP contribution in [0, 0.1) is 11.3 Å². The predicted molar refractivity (Wildman–Crippen MR) is 93.9 cm³/mol. The Bertz CT molecular complexity index is 655. The van der Waals surface area contributed by atoms with E-state index in [-0.39, 0.29) is 5.41 Å². The first-order valence-electron chi connectivity index (χ1n) is 8.44. The minimum absolute atomic E-state index is 0.192. The van der Waals surface area contributed by atoms with E-state index in [0.29, 0.717) is 29.3 Å². The average molecular weight is 310 g/mol. The molecule has 23 heavy (non-hydrogen) atoms. The first kappa shape index (κ1) is 15.9. The summed E-state index contributed by atoms with van der Waals surface area (Å²) >= 11 is 0. The van der Waals surface area contributed by atoms with Crippen LogP contribution in [0.1, 0.15) is 56.6 Å². The fraction of sp³-hybridized carbons (Fsp3) is 0.429. The van der Waals surface area contributed by atoms with Gasteiger partial charge < -0.3 is 10.2 Å². The number of rotatable bonds is 2. The highest BCUT2D eigenvalue weighted by atomic mass is 16.3. The lowest BCUT2D eigenvalue weighted by atomic mass is 9.57. The first-order valence-corrected chi connectivity index (χ1v) is 8.44. The molecule has 1 saturated carbocycles. The molecule has 0 heterocycles. The fourth-order valence-corrected chi connectivity index (χ4v) is 4.64. The summed E-state index contributed by atoms with van der Waals surface area (Å²) in [7, 11) is 0. The molecule has 2 nitrogen and oxygen atoms in total. The van der Waals surface area contributed by atoms with Gasteiger partial charge >= 0.3 is 0 Å². The molecule has 2 heteroatoms. The van der Waals surface area contributed by atoms with E-state index < -0.39 is 0 Å². The van der Waals surface area contributed by atoms with Crippen molar-refractivity contribution in [3.63, 3.8) is 0 Å². The SMILES string of the molecule is CC1CC(c2ccc(O)cc2)C(c2ccc(O)cc2)C(C)(C)C1. The van der Waals surface area contributed by atoms with E-state index in [1.807, 2.05) is 0 Å². The highest BCUT2D eigenvalue weighted by Gasteiger charge is 2.42. The summed E-state index contributed by atoms with van der Waals surface area (Å²) in [6.07, 6.45) is 2.35. The molecule has 122 valence electrons. The molecule has 2 N–H and O–H groups in total. The van der Waals surface area contributed by atoms with E-state index in [0.717, 1.165) is 6.42 Å². The Labute approximate surface area is 138 Å². The van der Waals surface area contributed by atoms with Gasteiger partial charge in [0.2, 0.25) is 0 Å². The van der Waals surface area contributed by atoms with E-state index in [9.17, 15) is 10.2 Å². The van der Waals surface area contributed by atoms with Crippen LogP contribution in [-0.4, -0.2) is 10.2 Å². The second kappa shape index (κ2) is 5.92. The van der Waals surface area contributed by atoms with Gasteiger partial charge in [-0.25, -0.2) is 0 Å². The van der Waals surface area contributed by atoms with Crippen molar-refractivity contribution in [1.29, 1.82) is 0 Å². The molecular weight excluding hydrogens is 284 g/mol.